The first-order chi connectivity index (χ1) is 19.8. The van der Waals surface area contributed by atoms with E-state index in [-0.39, 0.29) is 0 Å². The number of rotatable bonds is 2. The predicted octanol–water partition coefficient (Wildman–Crippen LogP) is 11.1. The maximum Gasteiger partial charge on any atom is 0.139 e. The Hall–Kier alpha value is -5.34. The standard InChI is InChI=1S/C38H22O2/c1-2-10-24-21-25(18-17-23(24)9-1)35-26-11-3-5-13-28(26)36(29-14-6-4-12-27(29)35)38-31-19-20-39-33(31)22-34-37(38)30-15-7-8-16-32(30)40-34/h1-22H. The first kappa shape index (κ1) is 21.6. The summed E-state index contributed by atoms with van der Waals surface area (Å²) in [5.41, 5.74) is 7.39. The van der Waals surface area contributed by atoms with Gasteiger partial charge in [-0.15, -0.1) is 0 Å². The van der Waals surface area contributed by atoms with Crippen LogP contribution < -0.4 is 0 Å². The highest BCUT2D eigenvalue weighted by Crippen LogP contribution is 2.49. The van der Waals surface area contributed by atoms with Gasteiger partial charge in [0.25, 0.3) is 0 Å². The summed E-state index contributed by atoms with van der Waals surface area (Å²) in [6.45, 7) is 0. The summed E-state index contributed by atoms with van der Waals surface area (Å²) >= 11 is 0. The van der Waals surface area contributed by atoms with E-state index in [1.807, 2.05) is 18.2 Å². The van der Waals surface area contributed by atoms with Gasteiger partial charge in [0.2, 0.25) is 0 Å². The third-order valence-corrected chi connectivity index (χ3v) is 8.32. The lowest BCUT2D eigenvalue weighted by Gasteiger charge is -2.19. The third kappa shape index (κ3) is 2.93. The molecular formula is C38H22O2. The van der Waals surface area contributed by atoms with E-state index in [0.29, 0.717) is 0 Å². The molecule has 2 aromatic heterocycles. The van der Waals surface area contributed by atoms with Crippen LogP contribution in [0.1, 0.15) is 0 Å². The van der Waals surface area contributed by atoms with Crippen molar-refractivity contribution in [3.05, 3.63) is 134 Å². The molecule has 0 amide bonds. The summed E-state index contributed by atoms with van der Waals surface area (Å²) in [6.07, 6.45) is 1.78. The molecule has 0 radical (unpaired) electrons. The van der Waals surface area contributed by atoms with E-state index in [1.165, 1.54) is 49.0 Å². The second kappa shape index (κ2) is 8.08. The van der Waals surface area contributed by atoms with Gasteiger partial charge >= 0.3 is 0 Å². The molecule has 2 nitrogen and oxygen atoms in total. The first-order valence-corrected chi connectivity index (χ1v) is 13.6. The lowest BCUT2D eigenvalue weighted by Crippen LogP contribution is -1.92. The molecule has 0 aliphatic carbocycles. The molecule has 2 heteroatoms. The fraction of sp³-hybridized carbons (Fsp3) is 0. The van der Waals surface area contributed by atoms with Crippen LogP contribution in [0.2, 0.25) is 0 Å². The topological polar surface area (TPSA) is 26.3 Å². The van der Waals surface area contributed by atoms with Gasteiger partial charge in [0, 0.05) is 27.8 Å². The normalized spacial score (nSPS) is 12.0. The van der Waals surface area contributed by atoms with Crippen LogP contribution in [0.4, 0.5) is 0 Å². The van der Waals surface area contributed by atoms with Crippen molar-refractivity contribution in [1.29, 1.82) is 0 Å². The number of hydrogen-bond acceptors (Lipinski definition) is 2. The van der Waals surface area contributed by atoms with E-state index in [0.717, 1.165) is 38.5 Å². The van der Waals surface area contributed by atoms with E-state index in [9.17, 15) is 0 Å². The van der Waals surface area contributed by atoms with E-state index in [1.54, 1.807) is 6.26 Å². The van der Waals surface area contributed by atoms with Crippen LogP contribution in [0.5, 0.6) is 0 Å². The van der Waals surface area contributed by atoms with Crippen molar-refractivity contribution in [2.45, 2.75) is 0 Å². The van der Waals surface area contributed by atoms with Crippen molar-refractivity contribution in [2.24, 2.45) is 0 Å². The van der Waals surface area contributed by atoms with E-state index in [4.69, 9.17) is 8.83 Å². The van der Waals surface area contributed by atoms with Gasteiger partial charge in [-0.25, -0.2) is 0 Å². The smallest absolute Gasteiger partial charge is 0.139 e. The molecule has 186 valence electrons. The van der Waals surface area contributed by atoms with E-state index < -0.39 is 0 Å². The minimum Gasteiger partial charge on any atom is -0.464 e. The molecule has 0 unspecified atom stereocenters. The number of hydrogen-bond donors (Lipinski definition) is 0. The van der Waals surface area contributed by atoms with Crippen LogP contribution >= 0.6 is 0 Å². The lowest BCUT2D eigenvalue weighted by atomic mass is 9.83. The highest BCUT2D eigenvalue weighted by atomic mass is 16.3. The van der Waals surface area contributed by atoms with Crippen LogP contribution in [0, 0.1) is 0 Å². The molecule has 0 atom stereocenters. The van der Waals surface area contributed by atoms with E-state index in [2.05, 4.69) is 109 Å². The summed E-state index contributed by atoms with van der Waals surface area (Å²) in [6, 6.07) is 45.4. The van der Waals surface area contributed by atoms with Gasteiger partial charge in [0.05, 0.1) is 6.26 Å². The number of furan rings is 2. The quantitative estimate of drug-likeness (QED) is 0.216. The van der Waals surface area contributed by atoms with Crippen LogP contribution in [0.15, 0.2) is 142 Å². The highest BCUT2D eigenvalue weighted by Gasteiger charge is 2.23. The minimum atomic E-state index is 0.827. The Kier molecular flexibility index (Phi) is 4.36. The molecular weight excluding hydrogens is 488 g/mol. The number of para-hydroxylation sites is 1. The average Bonchev–Trinajstić information content (AvgIpc) is 3.63. The maximum absolute atomic E-state index is 6.39. The molecule has 0 fully saturated rings. The molecule has 0 N–H and O–H groups in total. The van der Waals surface area contributed by atoms with Crippen LogP contribution in [-0.2, 0) is 0 Å². The Morgan fingerprint density at radius 2 is 1.00 bits per heavy atom. The molecule has 40 heavy (non-hydrogen) atoms. The zero-order valence-electron chi connectivity index (χ0n) is 21.5. The molecule has 0 spiro atoms. The van der Waals surface area contributed by atoms with Crippen LogP contribution in [0.25, 0.3) is 87.5 Å². The fourth-order valence-corrected chi connectivity index (χ4v) is 6.63. The highest BCUT2D eigenvalue weighted by molar-refractivity contribution is 6.29. The summed E-state index contributed by atoms with van der Waals surface area (Å²) in [7, 11) is 0. The molecule has 0 aliphatic heterocycles. The van der Waals surface area contributed by atoms with Crippen molar-refractivity contribution >= 4 is 65.2 Å². The van der Waals surface area contributed by atoms with Gasteiger partial charge in [-0.3, -0.25) is 0 Å². The van der Waals surface area contributed by atoms with Gasteiger partial charge < -0.3 is 8.83 Å². The SMILES string of the molecule is c1ccc2cc(-c3c4ccccc4c(-c4c5ccoc5cc5oc6ccccc6c45)c4ccccc34)ccc2c1. The molecule has 0 saturated heterocycles. The van der Waals surface area contributed by atoms with Crippen molar-refractivity contribution in [1.82, 2.24) is 0 Å². The Morgan fingerprint density at radius 3 is 1.75 bits per heavy atom. The molecule has 7 aromatic carbocycles. The summed E-state index contributed by atoms with van der Waals surface area (Å²) < 4.78 is 12.4. The molecule has 0 aliphatic rings. The average molecular weight is 511 g/mol. The summed E-state index contributed by atoms with van der Waals surface area (Å²) in [5, 5.41) is 10.7. The minimum absolute atomic E-state index is 0.827. The molecule has 2 heterocycles. The monoisotopic (exact) mass is 510 g/mol. The zero-order chi connectivity index (χ0) is 26.2. The molecule has 0 bridgehead atoms. The van der Waals surface area contributed by atoms with Crippen molar-refractivity contribution in [2.75, 3.05) is 0 Å². The number of benzene rings is 7. The second-order valence-electron chi connectivity index (χ2n) is 10.5. The van der Waals surface area contributed by atoms with Crippen LogP contribution in [-0.4, -0.2) is 0 Å². The maximum atomic E-state index is 6.39. The van der Waals surface area contributed by atoms with Gasteiger partial charge in [0.15, 0.2) is 0 Å². The van der Waals surface area contributed by atoms with Crippen LogP contribution in [0.3, 0.4) is 0 Å². The summed E-state index contributed by atoms with van der Waals surface area (Å²) in [5.74, 6) is 0. The Labute approximate surface area is 229 Å². The molecule has 0 saturated carbocycles. The van der Waals surface area contributed by atoms with Crippen molar-refractivity contribution < 1.29 is 8.83 Å². The van der Waals surface area contributed by atoms with Gasteiger partial charge in [-0.05, 0) is 67.2 Å². The Balaban J connectivity index is 1.50. The zero-order valence-corrected chi connectivity index (χ0v) is 21.5. The molecule has 9 rings (SSSR count). The lowest BCUT2D eigenvalue weighted by molar-refractivity contribution is 0.613. The Morgan fingerprint density at radius 1 is 0.375 bits per heavy atom. The molecule has 9 aromatic rings. The van der Waals surface area contributed by atoms with Gasteiger partial charge in [-0.2, -0.15) is 0 Å². The van der Waals surface area contributed by atoms with Crippen molar-refractivity contribution in [3.63, 3.8) is 0 Å². The first-order valence-electron chi connectivity index (χ1n) is 13.6. The third-order valence-electron chi connectivity index (χ3n) is 8.32. The number of fused-ring (bicyclic) bond motifs is 7. The van der Waals surface area contributed by atoms with Gasteiger partial charge in [0.1, 0.15) is 16.7 Å². The Bertz CT molecular complexity index is 2380. The van der Waals surface area contributed by atoms with Gasteiger partial charge in [-0.1, -0.05) is 103 Å². The van der Waals surface area contributed by atoms with Crippen molar-refractivity contribution in [3.8, 4) is 22.3 Å². The predicted molar refractivity (Wildman–Crippen MR) is 167 cm³/mol. The largest absolute Gasteiger partial charge is 0.464 e. The summed E-state index contributed by atoms with van der Waals surface area (Å²) in [4.78, 5) is 0. The fourth-order valence-electron chi connectivity index (χ4n) is 6.63. The van der Waals surface area contributed by atoms with E-state index >= 15 is 0 Å². The second-order valence-corrected chi connectivity index (χ2v) is 10.5.